The average molecular weight is 488 g/mol. The summed E-state index contributed by atoms with van der Waals surface area (Å²) in [5.74, 6) is -1.40. The van der Waals surface area contributed by atoms with E-state index in [9.17, 15) is 22.8 Å². The van der Waals surface area contributed by atoms with Crippen LogP contribution in [0.15, 0.2) is 54.6 Å². The molecule has 0 radical (unpaired) electrons. The SMILES string of the molecule is CCOC(=O)[C@]1(Cc2ccc(OCc3cc(C(F)(F)F)nc4ccccc34)cc2)C[C@H]1C(=O)NO. The molecule has 184 valence electrons. The van der Waals surface area contributed by atoms with E-state index in [1.807, 2.05) is 0 Å². The first-order chi connectivity index (χ1) is 16.7. The van der Waals surface area contributed by atoms with Gasteiger partial charge in [0.1, 0.15) is 18.1 Å². The Bertz CT molecular complexity index is 1250. The summed E-state index contributed by atoms with van der Waals surface area (Å²) in [4.78, 5) is 28.1. The quantitative estimate of drug-likeness (QED) is 0.276. The molecule has 0 aliphatic heterocycles. The number of aromatic nitrogens is 1. The molecule has 1 aliphatic carbocycles. The van der Waals surface area contributed by atoms with Gasteiger partial charge in [-0.25, -0.2) is 10.5 Å². The number of rotatable bonds is 8. The molecule has 1 amide bonds. The lowest BCUT2D eigenvalue weighted by atomic mass is 9.93. The Labute approximate surface area is 198 Å². The number of amides is 1. The first-order valence-corrected chi connectivity index (χ1v) is 11.0. The van der Waals surface area contributed by atoms with Crippen molar-refractivity contribution in [1.82, 2.24) is 10.5 Å². The van der Waals surface area contributed by atoms with Crippen LogP contribution in [0.3, 0.4) is 0 Å². The van der Waals surface area contributed by atoms with Gasteiger partial charge < -0.3 is 9.47 Å². The lowest BCUT2D eigenvalue weighted by Gasteiger charge is -2.16. The minimum atomic E-state index is -4.58. The molecular formula is C25H23F3N2O5. The Morgan fingerprint density at radius 1 is 1.17 bits per heavy atom. The summed E-state index contributed by atoms with van der Waals surface area (Å²) in [5, 5.41) is 9.50. The van der Waals surface area contributed by atoms with Gasteiger partial charge in [0.05, 0.1) is 23.5 Å². The average Bonchev–Trinajstić information content (AvgIpc) is 3.57. The Morgan fingerprint density at radius 3 is 2.54 bits per heavy atom. The van der Waals surface area contributed by atoms with Crippen LogP contribution in [-0.4, -0.2) is 28.7 Å². The minimum Gasteiger partial charge on any atom is -0.489 e. The van der Waals surface area contributed by atoms with Crippen molar-refractivity contribution in [2.75, 3.05) is 6.61 Å². The van der Waals surface area contributed by atoms with Crippen molar-refractivity contribution in [1.29, 1.82) is 0 Å². The molecule has 7 nitrogen and oxygen atoms in total. The number of para-hydroxylation sites is 1. The van der Waals surface area contributed by atoms with Gasteiger partial charge in [0, 0.05) is 10.9 Å². The molecule has 35 heavy (non-hydrogen) atoms. The van der Waals surface area contributed by atoms with E-state index >= 15 is 0 Å². The Morgan fingerprint density at radius 2 is 1.89 bits per heavy atom. The van der Waals surface area contributed by atoms with E-state index in [2.05, 4.69) is 4.98 Å². The number of carbonyl (C=O) groups is 2. The zero-order valence-corrected chi connectivity index (χ0v) is 18.8. The number of carbonyl (C=O) groups excluding carboxylic acids is 2. The van der Waals surface area contributed by atoms with Gasteiger partial charge in [-0.1, -0.05) is 30.3 Å². The summed E-state index contributed by atoms with van der Waals surface area (Å²) in [5.41, 5.74) is 0.880. The summed E-state index contributed by atoms with van der Waals surface area (Å²) in [7, 11) is 0. The standard InChI is InChI=1S/C25H23F3N2O5/c1-2-34-23(32)24(13-19(24)22(31)30-33)12-15-7-9-17(10-8-15)35-14-16-11-21(25(26,27)28)29-20-6-4-3-5-18(16)20/h3-11,19,33H,2,12-14H2,1H3,(H,30,31)/t19-,24+/m0/s1. The third-order valence-electron chi connectivity index (χ3n) is 6.11. The fourth-order valence-corrected chi connectivity index (χ4v) is 4.24. The number of hydroxylamine groups is 1. The molecule has 1 saturated carbocycles. The number of hydrogen-bond donors (Lipinski definition) is 2. The molecule has 1 aromatic heterocycles. The molecule has 0 unspecified atom stereocenters. The smallest absolute Gasteiger partial charge is 0.433 e. The lowest BCUT2D eigenvalue weighted by molar-refractivity contribution is -0.152. The minimum absolute atomic E-state index is 0.100. The van der Waals surface area contributed by atoms with Crippen LogP contribution in [0.2, 0.25) is 0 Å². The van der Waals surface area contributed by atoms with Crippen molar-refractivity contribution in [3.8, 4) is 5.75 Å². The summed E-state index contributed by atoms with van der Waals surface area (Å²) >= 11 is 0. The highest BCUT2D eigenvalue weighted by atomic mass is 19.4. The fourth-order valence-electron chi connectivity index (χ4n) is 4.24. The summed E-state index contributed by atoms with van der Waals surface area (Å²) in [6.07, 6.45) is -4.09. The van der Waals surface area contributed by atoms with E-state index < -0.39 is 35.1 Å². The van der Waals surface area contributed by atoms with Gasteiger partial charge in [0.15, 0.2) is 0 Å². The Kier molecular flexibility index (Phi) is 6.66. The molecule has 2 atom stereocenters. The van der Waals surface area contributed by atoms with E-state index in [1.165, 1.54) is 6.07 Å². The maximum Gasteiger partial charge on any atom is 0.433 e. The number of halogens is 3. The van der Waals surface area contributed by atoms with Crippen LogP contribution in [0.25, 0.3) is 10.9 Å². The predicted molar refractivity (Wildman–Crippen MR) is 118 cm³/mol. The molecule has 4 rings (SSSR count). The maximum absolute atomic E-state index is 13.3. The normalized spacial score (nSPS) is 19.3. The fraction of sp³-hybridized carbons (Fsp3) is 0.320. The predicted octanol–water partition coefficient (Wildman–Crippen LogP) is 4.45. The maximum atomic E-state index is 13.3. The second-order valence-electron chi connectivity index (χ2n) is 8.40. The molecule has 0 spiro atoms. The first-order valence-electron chi connectivity index (χ1n) is 11.0. The van der Waals surface area contributed by atoms with Crippen LogP contribution in [0.4, 0.5) is 13.2 Å². The molecule has 1 aliphatic rings. The number of benzene rings is 2. The van der Waals surface area contributed by atoms with Crippen LogP contribution in [0.1, 0.15) is 30.2 Å². The highest BCUT2D eigenvalue weighted by molar-refractivity contribution is 5.93. The number of hydrogen-bond acceptors (Lipinski definition) is 6. The molecule has 2 N–H and O–H groups in total. The number of esters is 1. The van der Waals surface area contributed by atoms with Gasteiger partial charge in [0.25, 0.3) is 0 Å². The molecule has 3 aromatic rings. The molecular weight excluding hydrogens is 465 g/mol. The van der Waals surface area contributed by atoms with Gasteiger partial charge in [-0.2, -0.15) is 13.2 Å². The van der Waals surface area contributed by atoms with Crippen LogP contribution in [0, 0.1) is 11.3 Å². The number of ether oxygens (including phenoxy) is 2. The topological polar surface area (TPSA) is 97.8 Å². The van der Waals surface area contributed by atoms with E-state index in [0.717, 1.165) is 11.6 Å². The van der Waals surface area contributed by atoms with Gasteiger partial charge in [0.2, 0.25) is 5.91 Å². The van der Waals surface area contributed by atoms with Crippen molar-refractivity contribution in [2.45, 2.75) is 32.5 Å². The largest absolute Gasteiger partial charge is 0.489 e. The van der Waals surface area contributed by atoms with Crippen molar-refractivity contribution >= 4 is 22.8 Å². The molecule has 10 heteroatoms. The van der Waals surface area contributed by atoms with E-state index in [0.29, 0.717) is 16.7 Å². The van der Waals surface area contributed by atoms with Crippen LogP contribution < -0.4 is 10.2 Å². The van der Waals surface area contributed by atoms with Crippen molar-refractivity contribution < 1.29 is 37.4 Å². The van der Waals surface area contributed by atoms with Crippen molar-refractivity contribution in [3.05, 3.63) is 71.4 Å². The number of alkyl halides is 3. The van der Waals surface area contributed by atoms with E-state index in [4.69, 9.17) is 14.7 Å². The first kappa shape index (κ1) is 24.5. The molecule has 0 bridgehead atoms. The van der Waals surface area contributed by atoms with Crippen molar-refractivity contribution in [3.63, 3.8) is 0 Å². The number of nitrogens with one attached hydrogen (secondary N) is 1. The van der Waals surface area contributed by atoms with Gasteiger partial charge in [-0.15, -0.1) is 0 Å². The van der Waals surface area contributed by atoms with E-state index in [-0.39, 0.29) is 31.6 Å². The highest BCUT2D eigenvalue weighted by Crippen LogP contribution is 2.56. The van der Waals surface area contributed by atoms with E-state index in [1.54, 1.807) is 54.9 Å². The van der Waals surface area contributed by atoms with Crippen molar-refractivity contribution in [2.24, 2.45) is 11.3 Å². The van der Waals surface area contributed by atoms with Gasteiger partial charge >= 0.3 is 12.1 Å². The summed E-state index contributed by atoms with van der Waals surface area (Å²) in [6, 6.07) is 14.3. The Hall–Kier alpha value is -3.66. The number of nitrogens with zero attached hydrogens (tertiary/aromatic N) is 1. The van der Waals surface area contributed by atoms with Crippen LogP contribution in [0.5, 0.6) is 5.75 Å². The zero-order chi connectivity index (χ0) is 25.2. The number of fused-ring (bicyclic) bond motifs is 1. The summed E-state index contributed by atoms with van der Waals surface area (Å²) < 4.78 is 50.7. The second-order valence-corrected chi connectivity index (χ2v) is 8.40. The summed E-state index contributed by atoms with van der Waals surface area (Å²) in [6.45, 7) is 1.74. The number of pyridine rings is 1. The molecule has 1 heterocycles. The van der Waals surface area contributed by atoms with Crippen LogP contribution >= 0.6 is 0 Å². The highest BCUT2D eigenvalue weighted by Gasteiger charge is 2.64. The third-order valence-corrected chi connectivity index (χ3v) is 6.11. The van der Waals surface area contributed by atoms with Crippen LogP contribution in [-0.2, 0) is 33.5 Å². The van der Waals surface area contributed by atoms with Gasteiger partial charge in [-0.3, -0.25) is 14.8 Å². The monoisotopic (exact) mass is 488 g/mol. The third kappa shape index (κ3) is 5.07. The second kappa shape index (κ2) is 9.53. The molecule has 0 saturated heterocycles. The molecule has 2 aromatic carbocycles. The zero-order valence-electron chi connectivity index (χ0n) is 18.8. The molecule has 1 fully saturated rings. The van der Waals surface area contributed by atoms with Gasteiger partial charge in [-0.05, 0) is 49.6 Å². The lowest BCUT2D eigenvalue weighted by Crippen LogP contribution is -2.30. The Balaban J connectivity index is 1.49.